The van der Waals surface area contributed by atoms with Crippen LogP contribution >= 0.6 is 11.6 Å². The van der Waals surface area contributed by atoms with E-state index in [1.807, 2.05) is 19.1 Å². The smallest absolute Gasteiger partial charge is 0.231 e. The van der Waals surface area contributed by atoms with Crippen molar-refractivity contribution in [3.8, 4) is 0 Å². The standard InChI is InChI=1S/C12H17ClN2O/c1-3-9(8-14)12(16)15(2)11-6-4-10(13)5-7-11/h4-7,9H,3,8,14H2,1-2H3. The van der Waals surface area contributed by atoms with Crippen LogP contribution < -0.4 is 10.6 Å². The van der Waals surface area contributed by atoms with E-state index in [2.05, 4.69) is 0 Å². The predicted octanol–water partition coefficient (Wildman–Crippen LogP) is 2.29. The normalized spacial score (nSPS) is 12.2. The van der Waals surface area contributed by atoms with E-state index >= 15 is 0 Å². The topological polar surface area (TPSA) is 46.3 Å². The van der Waals surface area contributed by atoms with Gasteiger partial charge in [0.05, 0.1) is 5.92 Å². The number of hydrogen-bond donors (Lipinski definition) is 1. The number of amides is 1. The lowest BCUT2D eigenvalue weighted by Crippen LogP contribution is -2.36. The summed E-state index contributed by atoms with van der Waals surface area (Å²) in [4.78, 5) is 13.6. The van der Waals surface area contributed by atoms with Crippen molar-refractivity contribution in [1.29, 1.82) is 0 Å². The number of carbonyl (C=O) groups is 1. The van der Waals surface area contributed by atoms with E-state index in [0.717, 1.165) is 12.1 Å². The minimum atomic E-state index is -0.110. The molecule has 0 saturated carbocycles. The summed E-state index contributed by atoms with van der Waals surface area (Å²) in [6, 6.07) is 7.18. The first-order valence-corrected chi connectivity index (χ1v) is 5.71. The fourth-order valence-electron chi connectivity index (χ4n) is 1.51. The number of nitrogens with two attached hydrogens (primary N) is 1. The van der Waals surface area contributed by atoms with Crippen LogP contribution in [-0.2, 0) is 4.79 Å². The number of carbonyl (C=O) groups excluding carboxylic acids is 1. The zero-order valence-electron chi connectivity index (χ0n) is 9.61. The van der Waals surface area contributed by atoms with Gasteiger partial charge in [-0.2, -0.15) is 0 Å². The third-order valence-electron chi connectivity index (χ3n) is 2.67. The van der Waals surface area contributed by atoms with Crippen LogP contribution in [0.25, 0.3) is 0 Å². The largest absolute Gasteiger partial charge is 0.330 e. The van der Waals surface area contributed by atoms with Crippen molar-refractivity contribution in [2.24, 2.45) is 11.7 Å². The molecule has 0 aromatic heterocycles. The molecule has 1 aromatic rings. The van der Waals surface area contributed by atoms with Crippen molar-refractivity contribution in [1.82, 2.24) is 0 Å². The summed E-state index contributed by atoms with van der Waals surface area (Å²) in [5, 5.41) is 0.662. The van der Waals surface area contributed by atoms with Gasteiger partial charge in [0.1, 0.15) is 0 Å². The number of hydrogen-bond acceptors (Lipinski definition) is 2. The molecule has 0 bridgehead atoms. The van der Waals surface area contributed by atoms with E-state index in [1.165, 1.54) is 0 Å². The third-order valence-corrected chi connectivity index (χ3v) is 2.92. The van der Waals surface area contributed by atoms with Gasteiger partial charge in [-0.05, 0) is 30.7 Å². The molecule has 0 radical (unpaired) electrons. The molecule has 1 rings (SSSR count). The van der Waals surface area contributed by atoms with Crippen molar-refractivity contribution in [2.45, 2.75) is 13.3 Å². The van der Waals surface area contributed by atoms with Gasteiger partial charge in [0.25, 0.3) is 0 Å². The van der Waals surface area contributed by atoms with Crippen molar-refractivity contribution in [3.63, 3.8) is 0 Å². The Morgan fingerprint density at radius 2 is 2.00 bits per heavy atom. The minimum absolute atomic E-state index is 0.0484. The number of rotatable bonds is 4. The van der Waals surface area contributed by atoms with Crippen molar-refractivity contribution in [3.05, 3.63) is 29.3 Å². The summed E-state index contributed by atoms with van der Waals surface area (Å²) < 4.78 is 0. The third kappa shape index (κ3) is 2.97. The molecule has 1 aromatic carbocycles. The predicted molar refractivity (Wildman–Crippen MR) is 67.7 cm³/mol. The average molecular weight is 241 g/mol. The molecule has 0 fully saturated rings. The first-order valence-electron chi connectivity index (χ1n) is 5.33. The minimum Gasteiger partial charge on any atom is -0.330 e. The Hall–Kier alpha value is -1.06. The Labute approximate surface area is 101 Å². The van der Waals surface area contributed by atoms with Crippen LogP contribution in [0.2, 0.25) is 5.02 Å². The van der Waals surface area contributed by atoms with Crippen LogP contribution in [0.3, 0.4) is 0 Å². The maximum Gasteiger partial charge on any atom is 0.231 e. The van der Waals surface area contributed by atoms with Crippen LogP contribution in [0.5, 0.6) is 0 Å². The van der Waals surface area contributed by atoms with Crippen LogP contribution in [0.4, 0.5) is 5.69 Å². The molecule has 1 atom stereocenters. The molecule has 0 aliphatic carbocycles. The fraction of sp³-hybridized carbons (Fsp3) is 0.417. The summed E-state index contributed by atoms with van der Waals surface area (Å²) in [5.74, 6) is -0.0620. The maximum atomic E-state index is 12.0. The first kappa shape index (κ1) is 13.0. The molecule has 88 valence electrons. The van der Waals surface area contributed by atoms with E-state index in [-0.39, 0.29) is 11.8 Å². The van der Waals surface area contributed by atoms with Gasteiger partial charge in [-0.1, -0.05) is 18.5 Å². The summed E-state index contributed by atoms with van der Waals surface area (Å²) in [6.45, 7) is 2.35. The molecule has 0 aliphatic heterocycles. The van der Waals surface area contributed by atoms with Crippen molar-refractivity contribution < 1.29 is 4.79 Å². The average Bonchev–Trinajstić information content (AvgIpc) is 2.30. The summed E-state index contributed by atoms with van der Waals surface area (Å²) >= 11 is 5.79. The molecular formula is C12H17ClN2O. The highest BCUT2D eigenvalue weighted by molar-refractivity contribution is 6.30. The highest BCUT2D eigenvalue weighted by Gasteiger charge is 2.19. The lowest BCUT2D eigenvalue weighted by Gasteiger charge is -2.22. The van der Waals surface area contributed by atoms with Crippen LogP contribution in [0, 0.1) is 5.92 Å². The number of halogens is 1. The zero-order chi connectivity index (χ0) is 12.1. The molecule has 2 N–H and O–H groups in total. The summed E-state index contributed by atoms with van der Waals surface area (Å²) in [5.41, 5.74) is 6.39. The van der Waals surface area contributed by atoms with Gasteiger partial charge in [0.15, 0.2) is 0 Å². The zero-order valence-corrected chi connectivity index (χ0v) is 10.4. The number of benzene rings is 1. The lowest BCUT2D eigenvalue weighted by molar-refractivity contribution is -0.121. The Morgan fingerprint density at radius 3 is 2.44 bits per heavy atom. The van der Waals surface area contributed by atoms with Gasteiger partial charge in [0, 0.05) is 24.3 Å². The van der Waals surface area contributed by atoms with E-state index < -0.39 is 0 Å². The second kappa shape index (κ2) is 5.87. The monoisotopic (exact) mass is 240 g/mol. The molecule has 4 heteroatoms. The Morgan fingerprint density at radius 1 is 1.44 bits per heavy atom. The van der Waals surface area contributed by atoms with Gasteiger partial charge in [0.2, 0.25) is 5.91 Å². The molecule has 0 spiro atoms. The van der Waals surface area contributed by atoms with Gasteiger partial charge < -0.3 is 10.6 Å². The van der Waals surface area contributed by atoms with Gasteiger partial charge in [-0.3, -0.25) is 4.79 Å². The van der Waals surface area contributed by atoms with Gasteiger partial charge >= 0.3 is 0 Å². The highest BCUT2D eigenvalue weighted by Crippen LogP contribution is 2.19. The molecule has 1 unspecified atom stereocenters. The van der Waals surface area contributed by atoms with Crippen molar-refractivity contribution >= 4 is 23.2 Å². The summed E-state index contributed by atoms with van der Waals surface area (Å²) in [6.07, 6.45) is 0.757. The Kier molecular flexibility index (Phi) is 4.77. The van der Waals surface area contributed by atoms with Crippen LogP contribution in [0.15, 0.2) is 24.3 Å². The summed E-state index contributed by atoms with van der Waals surface area (Å²) in [7, 11) is 1.75. The van der Waals surface area contributed by atoms with Crippen LogP contribution in [0.1, 0.15) is 13.3 Å². The molecule has 3 nitrogen and oxygen atoms in total. The SMILES string of the molecule is CCC(CN)C(=O)N(C)c1ccc(Cl)cc1. The molecule has 16 heavy (non-hydrogen) atoms. The number of nitrogens with zero attached hydrogens (tertiary/aromatic N) is 1. The Bertz CT molecular complexity index is 347. The van der Waals surface area contributed by atoms with Crippen molar-refractivity contribution in [2.75, 3.05) is 18.5 Å². The molecule has 0 heterocycles. The van der Waals surface area contributed by atoms with Crippen LogP contribution in [-0.4, -0.2) is 19.5 Å². The molecule has 1 amide bonds. The second-order valence-corrected chi connectivity index (χ2v) is 4.15. The maximum absolute atomic E-state index is 12.0. The molecular weight excluding hydrogens is 224 g/mol. The highest BCUT2D eigenvalue weighted by atomic mass is 35.5. The molecule has 0 saturated heterocycles. The second-order valence-electron chi connectivity index (χ2n) is 3.71. The number of anilines is 1. The van der Waals surface area contributed by atoms with E-state index in [1.54, 1.807) is 24.1 Å². The van der Waals surface area contributed by atoms with E-state index in [9.17, 15) is 4.79 Å². The quantitative estimate of drug-likeness (QED) is 0.878. The van der Waals surface area contributed by atoms with E-state index in [4.69, 9.17) is 17.3 Å². The van der Waals surface area contributed by atoms with Gasteiger partial charge in [-0.25, -0.2) is 0 Å². The fourth-order valence-corrected chi connectivity index (χ4v) is 1.63. The molecule has 0 aliphatic rings. The van der Waals surface area contributed by atoms with E-state index in [0.29, 0.717) is 11.6 Å². The first-order chi connectivity index (χ1) is 7.60. The Balaban J connectivity index is 2.81. The van der Waals surface area contributed by atoms with Gasteiger partial charge in [-0.15, -0.1) is 0 Å². The lowest BCUT2D eigenvalue weighted by atomic mass is 10.1.